The molecule has 2 rings (SSSR count). The van der Waals surface area contributed by atoms with Gasteiger partial charge in [0.2, 0.25) is 0 Å². The molecule has 2 aromatic rings. The van der Waals surface area contributed by atoms with Crippen molar-refractivity contribution in [2.75, 3.05) is 0 Å². The number of hydrogen-bond donors (Lipinski definition) is 1. The number of H-pyrrole nitrogens is 1. The van der Waals surface area contributed by atoms with E-state index in [4.69, 9.17) is 11.6 Å². The van der Waals surface area contributed by atoms with Crippen LogP contribution in [0.15, 0.2) is 29.3 Å². The summed E-state index contributed by atoms with van der Waals surface area (Å²) in [7, 11) is 0. The molecule has 0 fully saturated rings. The molecule has 1 aromatic carbocycles. The molecule has 1 heterocycles. The highest BCUT2D eigenvalue weighted by molar-refractivity contribution is 6.32. The van der Waals surface area contributed by atoms with Crippen molar-refractivity contribution in [3.8, 4) is 5.69 Å². The van der Waals surface area contributed by atoms with Gasteiger partial charge < -0.3 is 0 Å². The van der Waals surface area contributed by atoms with Crippen LogP contribution in [-0.4, -0.2) is 14.8 Å². The molecule has 0 spiro atoms. The summed E-state index contributed by atoms with van der Waals surface area (Å²) in [6, 6.07) is 3.77. The Balaban J connectivity index is 2.68. The number of aromatic amines is 1. The van der Waals surface area contributed by atoms with Crippen molar-refractivity contribution >= 4 is 11.6 Å². The normalized spacial score (nSPS) is 10.4. The van der Waals surface area contributed by atoms with Gasteiger partial charge in [0, 0.05) is 0 Å². The first-order valence-electron chi connectivity index (χ1n) is 3.76. The first-order valence-corrected chi connectivity index (χ1v) is 4.14. The van der Waals surface area contributed by atoms with E-state index < -0.39 is 11.5 Å². The second kappa shape index (κ2) is 3.26. The average Bonchev–Trinajstić information content (AvgIpc) is 2.56. The van der Waals surface area contributed by atoms with Crippen molar-refractivity contribution in [3.63, 3.8) is 0 Å². The lowest BCUT2D eigenvalue weighted by atomic mass is 10.3. The summed E-state index contributed by atoms with van der Waals surface area (Å²) in [6.07, 6.45) is 1.24. The number of nitrogens with zero attached hydrogens (tertiary/aromatic N) is 2. The Morgan fingerprint density at radius 1 is 1.50 bits per heavy atom. The van der Waals surface area contributed by atoms with Crippen LogP contribution in [-0.2, 0) is 0 Å². The van der Waals surface area contributed by atoms with E-state index in [2.05, 4.69) is 10.2 Å². The molecule has 0 aliphatic rings. The quantitative estimate of drug-likeness (QED) is 0.778. The molecule has 0 unspecified atom stereocenters. The smallest absolute Gasteiger partial charge is 0.248 e. The fourth-order valence-electron chi connectivity index (χ4n) is 1.09. The van der Waals surface area contributed by atoms with E-state index >= 15 is 0 Å². The Morgan fingerprint density at radius 2 is 2.29 bits per heavy atom. The fourth-order valence-corrected chi connectivity index (χ4v) is 1.30. The first-order chi connectivity index (χ1) is 6.68. The van der Waals surface area contributed by atoms with Gasteiger partial charge in [-0.3, -0.25) is 0 Å². The number of benzene rings is 1. The Bertz CT molecular complexity index is 519. The molecule has 1 aromatic heterocycles. The zero-order valence-electron chi connectivity index (χ0n) is 6.87. The van der Waals surface area contributed by atoms with Gasteiger partial charge in [-0.1, -0.05) is 11.6 Å². The SMILES string of the molecule is O=c1[nH]ncn1-c1cc(F)ccc1Cl. The molecule has 0 atom stereocenters. The third-order valence-corrected chi connectivity index (χ3v) is 2.04. The predicted octanol–water partition coefficient (Wildman–Crippen LogP) is 1.35. The summed E-state index contributed by atoms with van der Waals surface area (Å²) in [5, 5.41) is 5.99. The highest BCUT2D eigenvalue weighted by Crippen LogP contribution is 2.19. The molecule has 4 nitrogen and oxygen atoms in total. The van der Waals surface area contributed by atoms with Crippen LogP contribution in [0.5, 0.6) is 0 Å². The second-order valence-corrected chi connectivity index (χ2v) is 3.03. The second-order valence-electron chi connectivity index (χ2n) is 2.63. The highest BCUT2D eigenvalue weighted by atomic mass is 35.5. The summed E-state index contributed by atoms with van der Waals surface area (Å²) in [5.41, 5.74) is -0.192. The third-order valence-electron chi connectivity index (χ3n) is 1.72. The molecule has 1 N–H and O–H groups in total. The fraction of sp³-hybridized carbons (Fsp3) is 0. The number of aromatic nitrogens is 3. The maximum atomic E-state index is 12.9. The largest absolute Gasteiger partial charge is 0.347 e. The van der Waals surface area contributed by atoms with Gasteiger partial charge in [0.15, 0.2) is 0 Å². The molecule has 0 saturated heterocycles. The molecule has 72 valence electrons. The monoisotopic (exact) mass is 213 g/mol. The van der Waals surface area contributed by atoms with Gasteiger partial charge in [0.25, 0.3) is 0 Å². The minimum atomic E-state index is -0.461. The maximum Gasteiger partial charge on any atom is 0.347 e. The molecule has 0 radical (unpaired) electrons. The van der Waals surface area contributed by atoms with Crippen LogP contribution in [0.2, 0.25) is 5.02 Å². The predicted molar refractivity (Wildman–Crippen MR) is 49.2 cm³/mol. The van der Waals surface area contributed by atoms with E-state index in [-0.39, 0.29) is 10.7 Å². The van der Waals surface area contributed by atoms with Crippen molar-refractivity contribution < 1.29 is 4.39 Å². The lowest BCUT2D eigenvalue weighted by molar-refractivity contribution is 0.626. The average molecular weight is 214 g/mol. The number of nitrogens with one attached hydrogen (secondary N) is 1. The van der Waals surface area contributed by atoms with Crippen LogP contribution in [0.3, 0.4) is 0 Å². The summed E-state index contributed by atoms with van der Waals surface area (Å²) < 4.78 is 14.0. The van der Waals surface area contributed by atoms with Crippen LogP contribution in [0.4, 0.5) is 4.39 Å². The van der Waals surface area contributed by atoms with Gasteiger partial charge in [-0.15, -0.1) is 0 Å². The van der Waals surface area contributed by atoms with Gasteiger partial charge in [0.05, 0.1) is 10.7 Å². The first kappa shape index (κ1) is 8.96. The molecular weight excluding hydrogens is 209 g/mol. The van der Waals surface area contributed by atoms with Gasteiger partial charge in [0.1, 0.15) is 12.1 Å². The zero-order chi connectivity index (χ0) is 10.1. The molecule has 0 aliphatic carbocycles. The molecule has 14 heavy (non-hydrogen) atoms. The van der Waals surface area contributed by atoms with E-state index in [1.54, 1.807) is 0 Å². The number of rotatable bonds is 1. The maximum absolute atomic E-state index is 12.9. The van der Waals surface area contributed by atoms with Gasteiger partial charge >= 0.3 is 5.69 Å². The van der Waals surface area contributed by atoms with Gasteiger partial charge in [-0.2, -0.15) is 5.10 Å². The topological polar surface area (TPSA) is 50.7 Å². The van der Waals surface area contributed by atoms with E-state index in [0.29, 0.717) is 0 Å². The molecule has 6 heteroatoms. The minimum Gasteiger partial charge on any atom is -0.248 e. The summed E-state index contributed by atoms with van der Waals surface area (Å²) >= 11 is 5.79. The lowest BCUT2D eigenvalue weighted by Crippen LogP contribution is -2.14. The Labute approximate surface area is 82.9 Å². The Morgan fingerprint density at radius 3 is 2.93 bits per heavy atom. The van der Waals surface area contributed by atoms with Crippen LogP contribution in [0.25, 0.3) is 5.69 Å². The zero-order valence-corrected chi connectivity index (χ0v) is 7.62. The molecule has 0 saturated carbocycles. The number of halogens is 2. The molecule has 0 bridgehead atoms. The van der Waals surface area contributed by atoms with Crippen molar-refractivity contribution in [2.24, 2.45) is 0 Å². The Hall–Kier alpha value is -1.62. The third kappa shape index (κ3) is 1.42. The highest BCUT2D eigenvalue weighted by Gasteiger charge is 2.06. The lowest BCUT2D eigenvalue weighted by Gasteiger charge is -2.02. The van der Waals surface area contributed by atoms with Crippen LogP contribution in [0, 0.1) is 5.82 Å². The van der Waals surface area contributed by atoms with Crippen molar-refractivity contribution in [1.82, 2.24) is 14.8 Å². The summed E-state index contributed by atoms with van der Waals surface area (Å²) in [4.78, 5) is 11.1. The molecular formula is C8H5ClFN3O. The molecule has 0 amide bonds. The van der Waals surface area contributed by atoms with Crippen molar-refractivity contribution in [3.05, 3.63) is 45.9 Å². The van der Waals surface area contributed by atoms with Gasteiger partial charge in [-0.25, -0.2) is 18.9 Å². The van der Waals surface area contributed by atoms with E-state index in [1.807, 2.05) is 0 Å². The van der Waals surface area contributed by atoms with E-state index in [1.165, 1.54) is 24.5 Å². The van der Waals surface area contributed by atoms with E-state index in [0.717, 1.165) is 4.57 Å². The van der Waals surface area contributed by atoms with Crippen LogP contribution >= 0.6 is 11.6 Å². The Kier molecular flexibility index (Phi) is 2.09. The molecule has 0 aliphatic heterocycles. The number of hydrogen-bond acceptors (Lipinski definition) is 2. The van der Waals surface area contributed by atoms with Crippen LogP contribution in [0.1, 0.15) is 0 Å². The standard InChI is InChI=1S/C8H5ClFN3O/c9-6-2-1-5(10)3-7(6)13-4-11-12-8(13)14/h1-4H,(H,12,14). The van der Waals surface area contributed by atoms with Crippen LogP contribution < -0.4 is 5.69 Å². The van der Waals surface area contributed by atoms with E-state index in [9.17, 15) is 9.18 Å². The summed E-state index contributed by atoms with van der Waals surface area (Å²) in [6.45, 7) is 0. The van der Waals surface area contributed by atoms with Gasteiger partial charge in [-0.05, 0) is 18.2 Å². The minimum absolute atomic E-state index is 0.269. The summed E-state index contributed by atoms with van der Waals surface area (Å²) in [5.74, 6) is -0.461. The van der Waals surface area contributed by atoms with Crippen molar-refractivity contribution in [2.45, 2.75) is 0 Å². The van der Waals surface area contributed by atoms with Crippen molar-refractivity contribution in [1.29, 1.82) is 0 Å².